The van der Waals surface area contributed by atoms with Crippen LogP contribution in [0.4, 0.5) is 0 Å². The zero-order valence-electron chi connectivity index (χ0n) is 22.4. The summed E-state index contributed by atoms with van der Waals surface area (Å²) in [6.07, 6.45) is 3.46. The van der Waals surface area contributed by atoms with Crippen molar-refractivity contribution in [1.29, 1.82) is 0 Å². The van der Waals surface area contributed by atoms with Crippen molar-refractivity contribution in [3.8, 4) is 11.5 Å². The molecule has 208 valence electrons. The Labute approximate surface area is 247 Å². The van der Waals surface area contributed by atoms with E-state index in [0.29, 0.717) is 35.8 Å². The third kappa shape index (κ3) is 5.79. The van der Waals surface area contributed by atoms with Gasteiger partial charge in [-0.15, -0.1) is 0 Å². The van der Waals surface area contributed by atoms with Gasteiger partial charge in [-0.1, -0.05) is 72.1 Å². The molecule has 0 bridgehead atoms. The molecule has 0 amide bonds. The number of ether oxygens (including phenoxy) is 2. The predicted octanol–water partition coefficient (Wildman–Crippen LogP) is 8.61. The standard InChI is InChI=1S/C32H27O6PS2/c1-3-35-25-15-9-13-23-27(19-21-11-5-7-17-29(21)40-31(23)25)37-39(33,34)38-28-20-22-12-6-8-18-30(22)41-32-24(28)14-10-16-26(32)36-4-2/h5-20H,3-4H2,1-2H3,(H,33,34)/p-1. The first-order valence-electron chi connectivity index (χ1n) is 13.2. The summed E-state index contributed by atoms with van der Waals surface area (Å²) in [7, 11) is -4.95. The third-order valence-corrected chi connectivity index (χ3v) is 9.62. The maximum Gasteiger partial charge on any atom is 0.372 e. The molecule has 4 aromatic carbocycles. The Morgan fingerprint density at radius 3 is 1.51 bits per heavy atom. The summed E-state index contributed by atoms with van der Waals surface area (Å²) in [4.78, 5) is 17.1. The lowest BCUT2D eigenvalue weighted by molar-refractivity contribution is -0.213. The van der Waals surface area contributed by atoms with Crippen molar-refractivity contribution in [3.63, 3.8) is 0 Å². The smallest absolute Gasteiger partial charge is 0.372 e. The molecule has 0 saturated heterocycles. The second-order valence-electron chi connectivity index (χ2n) is 9.06. The molecule has 2 aliphatic heterocycles. The van der Waals surface area contributed by atoms with Crippen molar-refractivity contribution in [2.75, 3.05) is 13.2 Å². The minimum absolute atomic E-state index is 0.157. The summed E-state index contributed by atoms with van der Waals surface area (Å²) in [5, 5.41) is 0. The van der Waals surface area contributed by atoms with Crippen LogP contribution in [0.5, 0.6) is 11.5 Å². The predicted molar refractivity (Wildman–Crippen MR) is 162 cm³/mol. The SMILES string of the molecule is CCOc1cccc2c1Sc1ccccc1C=C2OP(=O)([O-])OC1=Cc2ccccc2Sc2c(OCC)cccc21. The average molecular weight is 602 g/mol. The number of benzene rings is 4. The van der Waals surface area contributed by atoms with E-state index in [-0.39, 0.29) is 11.5 Å². The van der Waals surface area contributed by atoms with E-state index in [4.69, 9.17) is 18.5 Å². The highest BCUT2D eigenvalue weighted by molar-refractivity contribution is 8.00. The highest BCUT2D eigenvalue weighted by Crippen LogP contribution is 2.54. The van der Waals surface area contributed by atoms with E-state index < -0.39 is 7.82 Å². The van der Waals surface area contributed by atoms with E-state index in [1.54, 1.807) is 12.2 Å². The molecule has 0 spiro atoms. The summed E-state index contributed by atoms with van der Waals surface area (Å²) >= 11 is 3.02. The number of hydrogen-bond donors (Lipinski definition) is 0. The fourth-order valence-electron chi connectivity index (χ4n) is 4.62. The van der Waals surface area contributed by atoms with Gasteiger partial charge in [-0.05, 0) is 73.5 Å². The van der Waals surface area contributed by atoms with Crippen LogP contribution < -0.4 is 14.4 Å². The van der Waals surface area contributed by atoms with Crippen LogP contribution >= 0.6 is 31.3 Å². The topological polar surface area (TPSA) is 77.1 Å². The van der Waals surface area contributed by atoms with E-state index in [0.717, 1.165) is 30.7 Å². The summed E-state index contributed by atoms with van der Waals surface area (Å²) in [6.45, 7) is 4.76. The molecule has 4 aromatic rings. The van der Waals surface area contributed by atoms with Gasteiger partial charge in [-0.2, -0.15) is 0 Å². The first-order valence-corrected chi connectivity index (χ1v) is 16.2. The lowest BCUT2D eigenvalue weighted by atomic mass is 10.1. The molecule has 2 aliphatic rings. The van der Waals surface area contributed by atoms with Crippen molar-refractivity contribution >= 4 is 55.0 Å². The number of phosphoric acid groups is 1. The molecule has 0 fully saturated rings. The third-order valence-electron chi connectivity index (χ3n) is 6.34. The molecule has 6 rings (SSSR count). The van der Waals surface area contributed by atoms with Crippen LogP contribution in [-0.4, -0.2) is 13.2 Å². The van der Waals surface area contributed by atoms with Gasteiger partial charge >= 0.3 is 7.82 Å². The van der Waals surface area contributed by atoms with Crippen molar-refractivity contribution in [3.05, 3.63) is 107 Å². The van der Waals surface area contributed by atoms with Gasteiger partial charge in [0, 0.05) is 20.9 Å². The Morgan fingerprint density at radius 1 is 0.634 bits per heavy atom. The molecule has 6 nitrogen and oxygen atoms in total. The first kappa shape index (κ1) is 27.6. The van der Waals surface area contributed by atoms with Gasteiger partial charge in [0.15, 0.2) is 0 Å². The fourth-order valence-corrected chi connectivity index (χ4v) is 7.68. The van der Waals surface area contributed by atoms with E-state index >= 15 is 0 Å². The highest BCUT2D eigenvalue weighted by atomic mass is 32.2. The van der Waals surface area contributed by atoms with Crippen molar-refractivity contribution < 1.29 is 28.0 Å². The molecular formula is C32H26O6PS2-. The Balaban J connectivity index is 1.42. The number of phosphoric ester groups is 1. The van der Waals surface area contributed by atoms with Gasteiger partial charge in [0.2, 0.25) is 0 Å². The summed E-state index contributed by atoms with van der Waals surface area (Å²) in [5.74, 6) is 1.62. The van der Waals surface area contributed by atoms with Crippen molar-refractivity contribution in [2.45, 2.75) is 33.4 Å². The Hall–Kier alpha value is -3.55. The van der Waals surface area contributed by atoms with Crippen LogP contribution in [0.25, 0.3) is 23.7 Å². The molecule has 0 N–H and O–H groups in total. The molecule has 0 unspecified atom stereocenters. The molecule has 0 aromatic heterocycles. The Morgan fingerprint density at radius 2 is 1.07 bits per heavy atom. The Bertz CT molecular complexity index is 1610. The summed E-state index contributed by atoms with van der Waals surface area (Å²) in [5.41, 5.74) is 2.87. The number of hydrogen-bond acceptors (Lipinski definition) is 8. The molecule has 41 heavy (non-hydrogen) atoms. The van der Waals surface area contributed by atoms with Gasteiger partial charge in [0.05, 0.1) is 23.0 Å². The van der Waals surface area contributed by atoms with Crippen LogP contribution in [0.15, 0.2) is 105 Å². The van der Waals surface area contributed by atoms with E-state index in [2.05, 4.69) is 0 Å². The van der Waals surface area contributed by atoms with Crippen LogP contribution in [0.1, 0.15) is 36.1 Å². The van der Waals surface area contributed by atoms with Gasteiger partial charge in [-0.3, -0.25) is 0 Å². The summed E-state index contributed by atoms with van der Waals surface area (Å²) in [6, 6.07) is 26.5. The van der Waals surface area contributed by atoms with Crippen molar-refractivity contribution in [2.24, 2.45) is 0 Å². The van der Waals surface area contributed by atoms with Gasteiger partial charge in [0.25, 0.3) is 0 Å². The second-order valence-corrected chi connectivity index (χ2v) is 12.4. The van der Waals surface area contributed by atoms with Crippen LogP contribution in [0.2, 0.25) is 0 Å². The van der Waals surface area contributed by atoms with E-state index in [1.165, 1.54) is 23.5 Å². The fraction of sp³-hybridized carbons (Fsp3) is 0.125. The largest absolute Gasteiger partial charge is 0.736 e. The molecule has 0 radical (unpaired) electrons. The zero-order chi connectivity index (χ0) is 28.4. The Kier molecular flexibility index (Phi) is 7.91. The molecule has 0 saturated carbocycles. The highest BCUT2D eigenvalue weighted by Gasteiger charge is 2.28. The summed E-state index contributed by atoms with van der Waals surface area (Å²) < 4.78 is 37.0. The molecule has 0 atom stereocenters. The number of rotatable bonds is 8. The lowest BCUT2D eigenvalue weighted by Gasteiger charge is -2.27. The van der Waals surface area contributed by atoms with E-state index in [9.17, 15) is 9.46 Å². The zero-order valence-corrected chi connectivity index (χ0v) is 24.9. The van der Waals surface area contributed by atoms with Crippen LogP contribution in [0.3, 0.4) is 0 Å². The minimum atomic E-state index is -4.95. The quantitative estimate of drug-likeness (QED) is 0.186. The number of fused-ring (bicyclic) bond motifs is 4. The lowest BCUT2D eigenvalue weighted by Crippen LogP contribution is -2.08. The van der Waals surface area contributed by atoms with Crippen LogP contribution in [0, 0.1) is 0 Å². The van der Waals surface area contributed by atoms with Gasteiger partial charge < -0.3 is 23.4 Å². The minimum Gasteiger partial charge on any atom is -0.736 e. The normalized spacial score (nSPS) is 13.6. The maximum atomic E-state index is 13.7. The maximum absolute atomic E-state index is 13.7. The second kappa shape index (κ2) is 11.7. The van der Waals surface area contributed by atoms with Gasteiger partial charge in [-0.25, -0.2) is 4.57 Å². The average Bonchev–Trinajstić information content (AvgIpc) is 3.21. The van der Waals surface area contributed by atoms with Crippen molar-refractivity contribution in [1.82, 2.24) is 0 Å². The van der Waals surface area contributed by atoms with E-state index in [1.807, 2.05) is 98.8 Å². The van der Waals surface area contributed by atoms with Crippen LogP contribution in [-0.2, 0) is 13.6 Å². The monoisotopic (exact) mass is 601 g/mol. The first-order chi connectivity index (χ1) is 20.0. The molecular weight excluding hydrogens is 575 g/mol. The molecule has 2 heterocycles. The molecule has 9 heteroatoms. The van der Waals surface area contributed by atoms with Gasteiger partial charge in [0.1, 0.15) is 23.0 Å². The molecule has 0 aliphatic carbocycles.